The second-order valence-corrected chi connectivity index (χ2v) is 5.12. The normalized spacial score (nSPS) is 14.7. The third-order valence-electron chi connectivity index (χ3n) is 3.24. The van der Waals surface area contributed by atoms with E-state index in [4.69, 9.17) is 9.47 Å². The van der Waals surface area contributed by atoms with Crippen LogP contribution < -0.4 is 5.32 Å². The van der Waals surface area contributed by atoms with Crippen LogP contribution in [0.25, 0.3) is 0 Å². The fourth-order valence-electron chi connectivity index (χ4n) is 1.97. The number of nitrogens with zero attached hydrogens (tertiary/aromatic N) is 4. The number of ether oxygens (including phenoxy) is 2. The van der Waals surface area contributed by atoms with Crippen molar-refractivity contribution in [2.75, 3.05) is 33.5 Å². The summed E-state index contributed by atoms with van der Waals surface area (Å²) in [4.78, 5) is 0. The predicted octanol–water partition coefficient (Wildman–Crippen LogP) is 1.20. The Bertz CT molecular complexity index is 369. The second-order valence-electron chi connectivity index (χ2n) is 5.12. The van der Waals surface area contributed by atoms with E-state index in [0.717, 1.165) is 12.4 Å². The molecule has 0 aliphatic carbocycles. The van der Waals surface area contributed by atoms with Gasteiger partial charge >= 0.3 is 0 Å². The van der Waals surface area contributed by atoms with E-state index in [9.17, 15) is 0 Å². The molecule has 116 valence electrons. The van der Waals surface area contributed by atoms with Crippen molar-refractivity contribution in [2.24, 2.45) is 5.92 Å². The van der Waals surface area contributed by atoms with Crippen LogP contribution in [0.15, 0.2) is 0 Å². The highest BCUT2D eigenvalue weighted by atomic mass is 16.5. The molecule has 7 nitrogen and oxygen atoms in total. The van der Waals surface area contributed by atoms with Crippen molar-refractivity contribution >= 4 is 0 Å². The summed E-state index contributed by atoms with van der Waals surface area (Å²) in [5.74, 6) is 1.23. The van der Waals surface area contributed by atoms with Gasteiger partial charge in [-0.1, -0.05) is 13.8 Å². The molecule has 1 rings (SSSR count). The van der Waals surface area contributed by atoms with Crippen molar-refractivity contribution in [1.82, 2.24) is 25.5 Å². The van der Waals surface area contributed by atoms with Crippen molar-refractivity contribution < 1.29 is 9.47 Å². The van der Waals surface area contributed by atoms with Gasteiger partial charge in [-0.2, -0.15) is 0 Å². The first-order valence-corrected chi connectivity index (χ1v) is 7.19. The topological polar surface area (TPSA) is 74.1 Å². The highest BCUT2D eigenvalue weighted by Crippen LogP contribution is 2.20. The Morgan fingerprint density at radius 1 is 1.30 bits per heavy atom. The van der Waals surface area contributed by atoms with Crippen LogP contribution in [0.5, 0.6) is 0 Å². The molecule has 20 heavy (non-hydrogen) atoms. The summed E-state index contributed by atoms with van der Waals surface area (Å²) >= 11 is 0. The number of aromatic nitrogens is 4. The summed E-state index contributed by atoms with van der Waals surface area (Å²) in [6.07, 6.45) is 0. The number of nitrogens with one attached hydrogen (secondary N) is 1. The first-order chi connectivity index (χ1) is 9.61. The zero-order chi connectivity index (χ0) is 15.0. The molecule has 0 radical (unpaired) electrons. The van der Waals surface area contributed by atoms with Crippen LogP contribution in [-0.2, 0) is 9.47 Å². The maximum atomic E-state index is 5.56. The van der Waals surface area contributed by atoms with Crippen LogP contribution in [-0.4, -0.2) is 53.7 Å². The van der Waals surface area contributed by atoms with Gasteiger partial charge in [-0.05, 0) is 30.2 Å². The highest BCUT2D eigenvalue weighted by molar-refractivity contribution is 4.92. The Morgan fingerprint density at radius 2 is 2.05 bits per heavy atom. The highest BCUT2D eigenvalue weighted by Gasteiger charge is 2.23. The summed E-state index contributed by atoms with van der Waals surface area (Å²) in [6, 6.07) is 0.217. The van der Waals surface area contributed by atoms with E-state index < -0.39 is 0 Å². The van der Waals surface area contributed by atoms with Gasteiger partial charge in [0, 0.05) is 20.3 Å². The number of tetrazole rings is 1. The molecule has 0 aliphatic heterocycles. The van der Waals surface area contributed by atoms with E-state index in [1.807, 2.05) is 11.6 Å². The molecule has 0 amide bonds. The average molecular weight is 285 g/mol. The Hall–Kier alpha value is -1.05. The average Bonchev–Trinajstić information content (AvgIpc) is 2.88. The van der Waals surface area contributed by atoms with Crippen LogP contribution in [0.3, 0.4) is 0 Å². The molecule has 7 heteroatoms. The second kappa shape index (κ2) is 8.99. The standard InChI is InChI=1S/C13H27N5O2/c1-6-20-9-12(10(2)3)18-13(15-16-17-18)11(4)14-7-8-19-5/h10-12,14H,6-9H2,1-5H3. The largest absolute Gasteiger partial charge is 0.383 e. The van der Waals surface area contributed by atoms with Crippen molar-refractivity contribution in [3.63, 3.8) is 0 Å². The Kier molecular flexibility index (Phi) is 7.64. The minimum absolute atomic E-state index is 0.0722. The maximum absolute atomic E-state index is 5.56. The molecule has 0 aromatic carbocycles. The van der Waals surface area contributed by atoms with E-state index in [2.05, 4.69) is 41.6 Å². The van der Waals surface area contributed by atoms with E-state index >= 15 is 0 Å². The molecular weight excluding hydrogens is 258 g/mol. The van der Waals surface area contributed by atoms with E-state index in [0.29, 0.717) is 25.7 Å². The lowest BCUT2D eigenvalue weighted by molar-refractivity contribution is 0.0884. The van der Waals surface area contributed by atoms with Crippen LogP contribution in [0, 0.1) is 5.92 Å². The maximum Gasteiger partial charge on any atom is 0.168 e. The third kappa shape index (κ3) is 4.81. The molecule has 0 saturated heterocycles. The van der Waals surface area contributed by atoms with Crippen LogP contribution >= 0.6 is 0 Å². The molecular formula is C13H27N5O2. The lowest BCUT2D eigenvalue weighted by Gasteiger charge is -2.23. The number of hydrogen-bond donors (Lipinski definition) is 1. The fraction of sp³-hybridized carbons (Fsp3) is 0.923. The Labute approximate surface area is 121 Å². The number of methoxy groups -OCH3 is 1. The van der Waals surface area contributed by atoms with Crippen molar-refractivity contribution in [3.05, 3.63) is 5.82 Å². The molecule has 2 unspecified atom stereocenters. The van der Waals surface area contributed by atoms with Gasteiger partial charge in [0.1, 0.15) is 0 Å². The van der Waals surface area contributed by atoms with Crippen molar-refractivity contribution in [3.8, 4) is 0 Å². The molecule has 1 N–H and O–H groups in total. The molecule has 1 heterocycles. The first kappa shape index (κ1) is 17.0. The lowest BCUT2D eigenvalue weighted by atomic mass is 10.1. The van der Waals surface area contributed by atoms with Gasteiger partial charge < -0.3 is 14.8 Å². The summed E-state index contributed by atoms with van der Waals surface area (Å²) in [5.41, 5.74) is 0. The zero-order valence-electron chi connectivity index (χ0n) is 13.2. The van der Waals surface area contributed by atoms with E-state index in [-0.39, 0.29) is 12.1 Å². The minimum Gasteiger partial charge on any atom is -0.383 e. The van der Waals surface area contributed by atoms with Crippen LogP contribution in [0.4, 0.5) is 0 Å². The van der Waals surface area contributed by atoms with Gasteiger partial charge in [0.15, 0.2) is 5.82 Å². The van der Waals surface area contributed by atoms with Crippen molar-refractivity contribution in [1.29, 1.82) is 0 Å². The molecule has 1 aromatic heterocycles. The molecule has 0 spiro atoms. The lowest BCUT2D eigenvalue weighted by Crippen LogP contribution is -2.30. The summed E-state index contributed by atoms with van der Waals surface area (Å²) < 4.78 is 12.5. The monoisotopic (exact) mass is 285 g/mol. The van der Waals surface area contributed by atoms with Gasteiger partial charge in [0.05, 0.1) is 25.3 Å². The molecule has 0 fully saturated rings. The quantitative estimate of drug-likeness (QED) is 0.651. The molecule has 0 aliphatic rings. The number of hydrogen-bond acceptors (Lipinski definition) is 6. The Morgan fingerprint density at radius 3 is 2.65 bits per heavy atom. The summed E-state index contributed by atoms with van der Waals surface area (Å²) in [7, 11) is 1.69. The first-order valence-electron chi connectivity index (χ1n) is 7.19. The third-order valence-corrected chi connectivity index (χ3v) is 3.24. The van der Waals surface area contributed by atoms with Crippen molar-refractivity contribution in [2.45, 2.75) is 39.8 Å². The van der Waals surface area contributed by atoms with Gasteiger partial charge in [-0.15, -0.1) is 5.10 Å². The van der Waals surface area contributed by atoms with Crippen LogP contribution in [0.2, 0.25) is 0 Å². The number of rotatable bonds is 10. The molecule has 1 aromatic rings. The molecule has 2 atom stereocenters. The van der Waals surface area contributed by atoms with Gasteiger partial charge in [0.2, 0.25) is 0 Å². The zero-order valence-corrected chi connectivity index (χ0v) is 13.2. The summed E-state index contributed by atoms with van der Waals surface area (Å²) in [6.45, 7) is 11.1. The van der Waals surface area contributed by atoms with Gasteiger partial charge in [-0.3, -0.25) is 0 Å². The van der Waals surface area contributed by atoms with E-state index in [1.165, 1.54) is 0 Å². The minimum atomic E-state index is 0.0722. The predicted molar refractivity (Wildman–Crippen MR) is 76.5 cm³/mol. The van der Waals surface area contributed by atoms with Gasteiger partial charge in [-0.25, -0.2) is 4.68 Å². The molecule has 0 bridgehead atoms. The SMILES string of the molecule is CCOCC(C(C)C)n1nnnc1C(C)NCCOC. The fourth-order valence-corrected chi connectivity index (χ4v) is 1.97. The summed E-state index contributed by atoms with van der Waals surface area (Å²) in [5, 5.41) is 15.5. The smallest absolute Gasteiger partial charge is 0.168 e. The van der Waals surface area contributed by atoms with Crippen LogP contribution in [0.1, 0.15) is 45.6 Å². The van der Waals surface area contributed by atoms with Gasteiger partial charge in [0.25, 0.3) is 0 Å². The van der Waals surface area contributed by atoms with E-state index in [1.54, 1.807) is 7.11 Å². The molecule has 0 saturated carbocycles. The Balaban J connectivity index is 2.76.